The van der Waals surface area contributed by atoms with Gasteiger partial charge in [-0.2, -0.15) is 0 Å². The van der Waals surface area contributed by atoms with E-state index in [1.54, 1.807) is 7.11 Å². The molecular weight excluding hydrogens is 374 g/mol. The summed E-state index contributed by atoms with van der Waals surface area (Å²) >= 11 is 0. The molecule has 3 aromatic rings. The topological polar surface area (TPSA) is 63.2 Å². The maximum atomic E-state index is 5.18. The number of fused-ring (bicyclic) bond motifs is 1. The molecule has 3 heterocycles. The number of benzene rings is 1. The monoisotopic (exact) mass is 405 g/mol. The zero-order valence-corrected chi connectivity index (χ0v) is 18.0. The highest BCUT2D eigenvalue weighted by Gasteiger charge is 2.25. The van der Waals surface area contributed by atoms with Gasteiger partial charge in [-0.3, -0.25) is 9.88 Å². The summed E-state index contributed by atoms with van der Waals surface area (Å²) in [5.41, 5.74) is 3.49. The van der Waals surface area contributed by atoms with Gasteiger partial charge < -0.3 is 10.1 Å². The quantitative estimate of drug-likeness (QED) is 0.557. The second-order valence-corrected chi connectivity index (χ2v) is 8.05. The van der Waals surface area contributed by atoms with E-state index in [-0.39, 0.29) is 0 Å². The molecule has 1 N–H and O–H groups in total. The first-order valence-electron chi connectivity index (χ1n) is 10.9. The largest absolute Gasteiger partial charge is 0.385 e. The van der Waals surface area contributed by atoms with Gasteiger partial charge in [-0.25, -0.2) is 9.97 Å². The summed E-state index contributed by atoms with van der Waals surface area (Å²) in [6.07, 6.45) is 8.40. The van der Waals surface area contributed by atoms with Crippen LogP contribution in [-0.4, -0.2) is 46.7 Å². The first-order valence-corrected chi connectivity index (χ1v) is 10.9. The third kappa shape index (κ3) is 4.94. The molecule has 1 aliphatic rings. The molecule has 0 radical (unpaired) electrons. The smallest absolute Gasteiger partial charge is 0.145 e. The van der Waals surface area contributed by atoms with Gasteiger partial charge in [0.2, 0.25) is 0 Å². The Labute approximate surface area is 178 Å². The van der Waals surface area contributed by atoms with Crippen LogP contribution >= 0.6 is 0 Å². The van der Waals surface area contributed by atoms with E-state index in [4.69, 9.17) is 14.7 Å². The number of rotatable bonds is 8. The fourth-order valence-electron chi connectivity index (χ4n) is 4.23. The number of aromatic nitrogens is 3. The predicted octanol–water partition coefficient (Wildman–Crippen LogP) is 4.51. The van der Waals surface area contributed by atoms with Crippen LogP contribution in [0.25, 0.3) is 10.9 Å². The van der Waals surface area contributed by atoms with E-state index >= 15 is 0 Å². The molecule has 0 aliphatic carbocycles. The van der Waals surface area contributed by atoms with Crippen LogP contribution in [0, 0.1) is 6.92 Å². The average molecular weight is 406 g/mol. The minimum atomic E-state index is 0.378. The lowest BCUT2D eigenvalue weighted by molar-refractivity contribution is 0.137. The molecule has 0 saturated carbocycles. The molecular formula is C24H31N5O. The molecule has 6 heteroatoms. The van der Waals surface area contributed by atoms with E-state index in [2.05, 4.69) is 46.4 Å². The van der Waals surface area contributed by atoms with E-state index in [0.29, 0.717) is 6.04 Å². The minimum absolute atomic E-state index is 0.378. The minimum Gasteiger partial charge on any atom is -0.385 e. The number of hydrogen-bond donors (Lipinski definition) is 1. The Kier molecular flexibility index (Phi) is 6.87. The number of aryl methyl sites for hydroxylation is 1. The second kappa shape index (κ2) is 9.96. The molecule has 30 heavy (non-hydrogen) atoms. The van der Waals surface area contributed by atoms with E-state index in [0.717, 1.165) is 61.6 Å². The zero-order valence-electron chi connectivity index (χ0n) is 18.0. The van der Waals surface area contributed by atoms with Crippen molar-refractivity contribution >= 4 is 16.7 Å². The van der Waals surface area contributed by atoms with Crippen LogP contribution in [0.3, 0.4) is 0 Å². The number of likely N-dealkylation sites (tertiary alicyclic amines) is 1. The molecule has 2 aromatic heterocycles. The van der Waals surface area contributed by atoms with Crippen molar-refractivity contribution in [3.05, 3.63) is 59.7 Å². The fourth-order valence-corrected chi connectivity index (χ4v) is 4.23. The SMILES string of the molecule is COCCCNc1nc(CN2CCCCC2c2cccnc2)nc2ccc(C)cc12. The summed E-state index contributed by atoms with van der Waals surface area (Å²) in [4.78, 5) is 16.7. The summed E-state index contributed by atoms with van der Waals surface area (Å²) in [6.45, 7) is 5.48. The van der Waals surface area contributed by atoms with Crippen LogP contribution in [0.1, 0.15) is 48.7 Å². The van der Waals surface area contributed by atoms with Gasteiger partial charge >= 0.3 is 0 Å². The first kappa shape index (κ1) is 20.7. The fraction of sp³-hybridized carbons (Fsp3) is 0.458. The summed E-state index contributed by atoms with van der Waals surface area (Å²) < 4.78 is 5.18. The van der Waals surface area contributed by atoms with Crippen molar-refractivity contribution in [2.75, 3.05) is 32.1 Å². The molecule has 4 rings (SSSR count). The lowest BCUT2D eigenvalue weighted by Crippen LogP contribution is -2.33. The van der Waals surface area contributed by atoms with E-state index in [1.807, 2.05) is 18.5 Å². The lowest BCUT2D eigenvalue weighted by atomic mass is 9.96. The Hall–Kier alpha value is -2.57. The molecule has 1 fully saturated rings. The van der Waals surface area contributed by atoms with Crippen molar-refractivity contribution < 1.29 is 4.74 Å². The Morgan fingerprint density at radius 2 is 2.13 bits per heavy atom. The number of nitrogens with one attached hydrogen (secondary N) is 1. The van der Waals surface area contributed by atoms with Crippen LogP contribution < -0.4 is 5.32 Å². The van der Waals surface area contributed by atoms with Crippen LogP contribution in [0.15, 0.2) is 42.7 Å². The highest BCUT2D eigenvalue weighted by molar-refractivity contribution is 5.89. The van der Waals surface area contributed by atoms with Crippen LogP contribution in [-0.2, 0) is 11.3 Å². The Bertz CT molecular complexity index is 962. The van der Waals surface area contributed by atoms with Gasteiger partial charge in [0, 0.05) is 44.1 Å². The number of anilines is 1. The number of pyridine rings is 1. The molecule has 0 bridgehead atoms. The van der Waals surface area contributed by atoms with Gasteiger partial charge in [-0.05, 0) is 56.5 Å². The third-order valence-corrected chi connectivity index (χ3v) is 5.74. The highest BCUT2D eigenvalue weighted by atomic mass is 16.5. The molecule has 1 aliphatic heterocycles. The Morgan fingerprint density at radius 3 is 2.97 bits per heavy atom. The predicted molar refractivity (Wildman–Crippen MR) is 120 cm³/mol. The Morgan fingerprint density at radius 1 is 1.20 bits per heavy atom. The molecule has 1 saturated heterocycles. The average Bonchev–Trinajstić information content (AvgIpc) is 2.78. The molecule has 158 valence electrons. The van der Waals surface area contributed by atoms with Crippen LogP contribution in [0.2, 0.25) is 0 Å². The van der Waals surface area contributed by atoms with Crippen LogP contribution in [0.4, 0.5) is 5.82 Å². The Balaban J connectivity index is 1.60. The molecule has 6 nitrogen and oxygen atoms in total. The number of hydrogen-bond acceptors (Lipinski definition) is 6. The summed E-state index contributed by atoms with van der Waals surface area (Å²) in [5.74, 6) is 1.79. The summed E-state index contributed by atoms with van der Waals surface area (Å²) in [7, 11) is 1.73. The summed E-state index contributed by atoms with van der Waals surface area (Å²) in [6, 6.07) is 11.0. The maximum Gasteiger partial charge on any atom is 0.145 e. The molecule has 1 atom stereocenters. The zero-order chi connectivity index (χ0) is 20.8. The van der Waals surface area contributed by atoms with Gasteiger partial charge in [-0.15, -0.1) is 0 Å². The number of ether oxygens (including phenoxy) is 1. The van der Waals surface area contributed by atoms with Crippen molar-refractivity contribution in [1.82, 2.24) is 19.9 Å². The lowest BCUT2D eigenvalue weighted by Gasteiger charge is -2.35. The van der Waals surface area contributed by atoms with Gasteiger partial charge in [0.05, 0.1) is 12.1 Å². The number of methoxy groups -OCH3 is 1. The van der Waals surface area contributed by atoms with Gasteiger partial charge in [0.1, 0.15) is 11.6 Å². The van der Waals surface area contributed by atoms with Gasteiger partial charge in [0.25, 0.3) is 0 Å². The molecule has 0 spiro atoms. The normalized spacial score (nSPS) is 17.3. The van der Waals surface area contributed by atoms with Gasteiger partial charge in [0.15, 0.2) is 0 Å². The third-order valence-electron chi connectivity index (χ3n) is 5.74. The van der Waals surface area contributed by atoms with Gasteiger partial charge in [-0.1, -0.05) is 24.1 Å². The van der Waals surface area contributed by atoms with Crippen molar-refractivity contribution in [1.29, 1.82) is 0 Å². The van der Waals surface area contributed by atoms with Crippen molar-refractivity contribution in [3.8, 4) is 0 Å². The standard InChI is InChI=1S/C24H31N5O/c1-18-9-10-21-20(15-18)24(26-12-6-14-30-2)28-23(27-21)17-29-13-4-3-8-22(29)19-7-5-11-25-16-19/h5,7,9-11,15-16,22H,3-4,6,8,12-14,17H2,1-2H3,(H,26,27,28). The number of nitrogens with zero attached hydrogens (tertiary/aromatic N) is 4. The second-order valence-electron chi connectivity index (χ2n) is 8.05. The van der Waals surface area contributed by atoms with E-state index < -0.39 is 0 Å². The highest BCUT2D eigenvalue weighted by Crippen LogP contribution is 2.32. The van der Waals surface area contributed by atoms with Crippen molar-refractivity contribution in [2.45, 2.75) is 45.2 Å². The molecule has 1 aromatic carbocycles. The maximum absolute atomic E-state index is 5.18. The van der Waals surface area contributed by atoms with Crippen molar-refractivity contribution in [2.24, 2.45) is 0 Å². The van der Waals surface area contributed by atoms with Crippen molar-refractivity contribution in [3.63, 3.8) is 0 Å². The van der Waals surface area contributed by atoms with E-state index in [9.17, 15) is 0 Å². The molecule has 0 amide bonds. The molecule has 1 unspecified atom stereocenters. The number of piperidine rings is 1. The summed E-state index contributed by atoms with van der Waals surface area (Å²) in [5, 5.41) is 4.59. The van der Waals surface area contributed by atoms with Crippen LogP contribution in [0.5, 0.6) is 0 Å². The first-order chi connectivity index (χ1) is 14.7. The van der Waals surface area contributed by atoms with E-state index in [1.165, 1.54) is 24.0 Å².